The van der Waals surface area contributed by atoms with Crippen molar-refractivity contribution in [2.24, 2.45) is 0 Å². The van der Waals surface area contributed by atoms with Crippen molar-refractivity contribution in [2.45, 2.75) is 19.1 Å². The number of ether oxygens (including phenoxy) is 1. The normalized spacial score (nSPS) is 12.8. The summed E-state index contributed by atoms with van der Waals surface area (Å²) >= 11 is 11.1. The van der Waals surface area contributed by atoms with E-state index in [9.17, 15) is 15.0 Å². The molecule has 2 unspecified atom stereocenters. The number of rotatable bonds is 6. The highest BCUT2D eigenvalue weighted by atomic mass is 35.5. The van der Waals surface area contributed by atoms with Gasteiger partial charge in [0.1, 0.15) is 11.9 Å². The molecule has 0 aliphatic heterocycles. The molecular weight excluding hydrogens is 376 g/mol. The van der Waals surface area contributed by atoms with Crippen LogP contribution in [-0.4, -0.2) is 34.4 Å². The highest BCUT2D eigenvalue weighted by Gasteiger charge is 2.28. The second-order valence-electron chi connectivity index (χ2n) is 5.59. The van der Waals surface area contributed by atoms with E-state index in [4.69, 9.17) is 28.6 Å². The van der Waals surface area contributed by atoms with Crippen molar-refractivity contribution in [1.82, 2.24) is 5.32 Å². The van der Waals surface area contributed by atoms with Crippen LogP contribution in [0, 0.1) is 6.92 Å². The molecule has 0 amide bonds. The Morgan fingerprint density at radius 1 is 1.23 bits per heavy atom. The van der Waals surface area contributed by atoms with E-state index in [-0.39, 0.29) is 5.11 Å². The quantitative estimate of drug-likeness (QED) is 0.559. The average molecular weight is 395 g/mol. The second kappa shape index (κ2) is 8.84. The van der Waals surface area contributed by atoms with Crippen molar-refractivity contribution in [3.8, 4) is 5.75 Å². The Bertz CT molecular complexity index is 798. The number of thiocarbonyl (C=S) groups is 1. The summed E-state index contributed by atoms with van der Waals surface area (Å²) in [6, 6.07) is 10.4. The smallest absolute Gasteiger partial charge is 0.329 e. The summed E-state index contributed by atoms with van der Waals surface area (Å²) in [6.07, 6.45) is -1.30. The molecule has 0 bridgehead atoms. The van der Waals surface area contributed by atoms with Gasteiger partial charge in [0.05, 0.1) is 7.11 Å². The summed E-state index contributed by atoms with van der Waals surface area (Å²) in [5.74, 6) is -0.624. The number of methoxy groups -OCH3 is 1. The third kappa shape index (κ3) is 5.08. The Kier molecular flexibility index (Phi) is 6.79. The van der Waals surface area contributed by atoms with E-state index >= 15 is 0 Å². The van der Waals surface area contributed by atoms with Crippen molar-refractivity contribution in [3.05, 3.63) is 58.6 Å². The molecule has 2 atom stereocenters. The van der Waals surface area contributed by atoms with Crippen molar-refractivity contribution >= 4 is 40.6 Å². The van der Waals surface area contributed by atoms with Crippen LogP contribution in [-0.2, 0) is 4.79 Å². The molecule has 0 aromatic heterocycles. The molecule has 0 saturated heterocycles. The average Bonchev–Trinajstić information content (AvgIpc) is 2.61. The lowest BCUT2D eigenvalue weighted by Crippen LogP contribution is -2.46. The number of carbonyl (C=O) groups is 1. The van der Waals surface area contributed by atoms with Crippen LogP contribution in [0.15, 0.2) is 42.5 Å². The molecule has 26 heavy (non-hydrogen) atoms. The lowest BCUT2D eigenvalue weighted by molar-refractivity contribution is -0.142. The molecule has 0 aliphatic carbocycles. The molecule has 0 heterocycles. The Hall–Kier alpha value is -2.35. The Morgan fingerprint density at radius 3 is 2.42 bits per heavy atom. The molecule has 6 nitrogen and oxygen atoms in total. The van der Waals surface area contributed by atoms with Gasteiger partial charge in [0.25, 0.3) is 0 Å². The lowest BCUT2D eigenvalue weighted by Gasteiger charge is -2.23. The number of aliphatic carboxylic acids is 1. The zero-order valence-electron chi connectivity index (χ0n) is 14.2. The van der Waals surface area contributed by atoms with Gasteiger partial charge in [-0.15, -0.1) is 0 Å². The van der Waals surface area contributed by atoms with E-state index in [1.54, 1.807) is 42.5 Å². The minimum atomic E-state index is -1.32. The van der Waals surface area contributed by atoms with E-state index in [0.29, 0.717) is 22.0 Å². The molecule has 138 valence electrons. The van der Waals surface area contributed by atoms with Crippen LogP contribution in [0.25, 0.3) is 0 Å². The number of hydrogen-bond donors (Lipinski definition) is 4. The Labute approximate surface area is 161 Å². The molecule has 0 saturated carbocycles. The fraction of sp³-hybridized carbons (Fsp3) is 0.222. The van der Waals surface area contributed by atoms with Gasteiger partial charge >= 0.3 is 5.97 Å². The first-order valence-electron chi connectivity index (χ1n) is 7.70. The van der Waals surface area contributed by atoms with Gasteiger partial charge in [-0.1, -0.05) is 23.7 Å². The lowest BCUT2D eigenvalue weighted by atomic mass is 10.0. The highest BCUT2D eigenvalue weighted by Crippen LogP contribution is 2.22. The van der Waals surface area contributed by atoms with E-state index in [1.807, 2.05) is 6.92 Å². The van der Waals surface area contributed by atoms with Crippen molar-refractivity contribution in [1.29, 1.82) is 0 Å². The summed E-state index contributed by atoms with van der Waals surface area (Å²) in [4.78, 5) is 11.6. The SMILES string of the molecule is COc1ccc(C(O)C(NC(=S)Nc2ccc(Cl)cc2C)C(=O)O)cc1. The summed E-state index contributed by atoms with van der Waals surface area (Å²) in [5, 5.41) is 26.1. The van der Waals surface area contributed by atoms with Crippen LogP contribution in [0.3, 0.4) is 0 Å². The van der Waals surface area contributed by atoms with E-state index in [2.05, 4.69) is 10.6 Å². The molecular formula is C18H19ClN2O4S. The van der Waals surface area contributed by atoms with Crippen LogP contribution in [0.4, 0.5) is 5.69 Å². The maximum Gasteiger partial charge on any atom is 0.329 e. The van der Waals surface area contributed by atoms with Crippen molar-refractivity contribution < 1.29 is 19.7 Å². The maximum atomic E-state index is 11.6. The standard InChI is InChI=1S/C18H19ClN2O4S/c1-10-9-12(19)5-8-14(10)20-18(26)21-15(17(23)24)16(22)11-3-6-13(25-2)7-4-11/h3-9,15-16,22H,1-2H3,(H,23,24)(H2,20,21,26). The van der Waals surface area contributed by atoms with E-state index < -0.39 is 18.1 Å². The van der Waals surface area contributed by atoms with Crippen LogP contribution in [0.2, 0.25) is 5.02 Å². The monoisotopic (exact) mass is 394 g/mol. The summed E-state index contributed by atoms with van der Waals surface area (Å²) < 4.78 is 5.05. The largest absolute Gasteiger partial charge is 0.497 e. The second-order valence-corrected chi connectivity index (χ2v) is 6.44. The number of nitrogens with one attached hydrogen (secondary N) is 2. The molecule has 8 heteroatoms. The number of hydrogen-bond acceptors (Lipinski definition) is 4. The highest BCUT2D eigenvalue weighted by molar-refractivity contribution is 7.80. The first kappa shape index (κ1) is 20.0. The predicted octanol–water partition coefficient (Wildman–Crippen LogP) is 3.13. The third-order valence-corrected chi connectivity index (χ3v) is 4.22. The Balaban J connectivity index is 2.11. The topological polar surface area (TPSA) is 90.8 Å². The number of anilines is 1. The zero-order chi connectivity index (χ0) is 19.3. The number of benzene rings is 2. The van der Waals surface area contributed by atoms with Gasteiger partial charge < -0.3 is 25.6 Å². The van der Waals surface area contributed by atoms with Gasteiger partial charge in [-0.3, -0.25) is 0 Å². The fourth-order valence-electron chi connectivity index (χ4n) is 2.34. The van der Waals surface area contributed by atoms with Crippen LogP contribution in [0.5, 0.6) is 5.75 Å². The van der Waals surface area contributed by atoms with Crippen molar-refractivity contribution in [3.63, 3.8) is 0 Å². The number of aryl methyl sites for hydroxylation is 1. The van der Waals surface area contributed by atoms with Gasteiger partial charge in [-0.2, -0.15) is 0 Å². The van der Waals surface area contributed by atoms with Crippen LogP contribution >= 0.6 is 23.8 Å². The van der Waals surface area contributed by atoms with Crippen LogP contribution < -0.4 is 15.4 Å². The number of carboxylic acid groups (broad SMARTS) is 1. The van der Waals surface area contributed by atoms with Gasteiger partial charge in [-0.05, 0) is 60.6 Å². The summed E-state index contributed by atoms with van der Waals surface area (Å²) in [5.41, 5.74) is 1.97. The molecule has 0 fully saturated rings. The van der Waals surface area contributed by atoms with Gasteiger partial charge in [-0.25, -0.2) is 4.79 Å². The first-order chi connectivity index (χ1) is 12.3. The van der Waals surface area contributed by atoms with Crippen LogP contribution in [0.1, 0.15) is 17.2 Å². The van der Waals surface area contributed by atoms with E-state index in [1.165, 1.54) is 7.11 Å². The molecule has 2 aromatic rings. The summed E-state index contributed by atoms with van der Waals surface area (Å²) in [7, 11) is 1.52. The molecule has 0 spiro atoms. The molecule has 2 aromatic carbocycles. The van der Waals surface area contributed by atoms with Gasteiger partial charge in [0.2, 0.25) is 0 Å². The molecule has 0 radical (unpaired) electrons. The minimum Gasteiger partial charge on any atom is -0.497 e. The number of halogens is 1. The number of aliphatic hydroxyl groups is 1. The molecule has 4 N–H and O–H groups in total. The van der Waals surface area contributed by atoms with Gasteiger partial charge in [0, 0.05) is 10.7 Å². The molecule has 2 rings (SSSR count). The van der Waals surface area contributed by atoms with E-state index in [0.717, 1.165) is 5.56 Å². The maximum absolute atomic E-state index is 11.6. The van der Waals surface area contributed by atoms with Gasteiger partial charge in [0.15, 0.2) is 11.2 Å². The number of carboxylic acids is 1. The Morgan fingerprint density at radius 2 is 1.88 bits per heavy atom. The van der Waals surface area contributed by atoms with Crippen molar-refractivity contribution in [2.75, 3.05) is 12.4 Å². The third-order valence-electron chi connectivity index (χ3n) is 3.76. The zero-order valence-corrected chi connectivity index (χ0v) is 15.8. The summed E-state index contributed by atoms with van der Waals surface area (Å²) in [6.45, 7) is 1.84. The fourth-order valence-corrected chi connectivity index (χ4v) is 2.80. The predicted molar refractivity (Wildman–Crippen MR) is 105 cm³/mol. The minimum absolute atomic E-state index is 0.0791. The molecule has 0 aliphatic rings. The number of aliphatic hydroxyl groups excluding tert-OH is 1. The first-order valence-corrected chi connectivity index (χ1v) is 8.49.